The molecule has 0 amide bonds. The lowest BCUT2D eigenvalue weighted by Crippen LogP contribution is -2.60. The summed E-state index contributed by atoms with van der Waals surface area (Å²) >= 11 is 0. The molecule has 1 N–H and O–H groups in total. The van der Waals surface area contributed by atoms with Crippen molar-refractivity contribution in [2.45, 2.75) is 24.7 Å². The molecule has 1 aromatic rings. The Labute approximate surface area is 105 Å². The number of rotatable bonds is 5. The molecule has 0 radical (unpaired) electrons. The van der Waals surface area contributed by atoms with Gasteiger partial charge in [-0.1, -0.05) is 6.07 Å². The number of ether oxygens (including phenoxy) is 2. The van der Waals surface area contributed by atoms with E-state index in [4.69, 9.17) is 9.47 Å². The van der Waals surface area contributed by atoms with E-state index in [1.165, 1.54) is 12.1 Å². The number of nitro groups is 1. The molecule has 1 saturated carbocycles. The molecule has 1 fully saturated rings. The molecule has 0 spiro atoms. The minimum absolute atomic E-state index is 0.0192. The Morgan fingerprint density at radius 2 is 2.28 bits per heavy atom. The summed E-state index contributed by atoms with van der Waals surface area (Å²) in [7, 11) is 3.51. The Morgan fingerprint density at radius 1 is 1.50 bits per heavy atom. The molecule has 0 heterocycles. The van der Waals surface area contributed by atoms with E-state index in [-0.39, 0.29) is 23.9 Å². The molecule has 2 rings (SSSR count). The van der Waals surface area contributed by atoms with Crippen molar-refractivity contribution in [1.29, 1.82) is 0 Å². The summed E-state index contributed by atoms with van der Waals surface area (Å²) in [5.74, 6) is 0.505. The van der Waals surface area contributed by atoms with Gasteiger partial charge in [-0.15, -0.1) is 0 Å². The normalized spacial score (nSPS) is 26.4. The molecule has 0 saturated heterocycles. The maximum atomic E-state index is 10.7. The van der Waals surface area contributed by atoms with Gasteiger partial charge in [0.15, 0.2) is 0 Å². The van der Waals surface area contributed by atoms with Gasteiger partial charge >= 0.3 is 0 Å². The van der Waals surface area contributed by atoms with Gasteiger partial charge in [0, 0.05) is 25.6 Å². The summed E-state index contributed by atoms with van der Waals surface area (Å²) < 4.78 is 11.0. The number of hydrogen-bond acceptors (Lipinski definition) is 5. The first-order valence-corrected chi connectivity index (χ1v) is 5.77. The number of nitro benzene ring substituents is 1. The molecule has 1 aliphatic carbocycles. The van der Waals surface area contributed by atoms with Crippen molar-refractivity contribution in [2.75, 3.05) is 14.2 Å². The van der Waals surface area contributed by atoms with Crippen LogP contribution in [-0.2, 0) is 4.74 Å². The van der Waals surface area contributed by atoms with Gasteiger partial charge in [-0.25, -0.2) is 0 Å². The maximum Gasteiger partial charge on any atom is 0.273 e. The highest BCUT2D eigenvalue weighted by atomic mass is 16.6. The molecule has 3 unspecified atom stereocenters. The van der Waals surface area contributed by atoms with E-state index in [0.29, 0.717) is 5.75 Å². The molecule has 98 valence electrons. The molecule has 0 bridgehead atoms. The highest BCUT2D eigenvalue weighted by Gasteiger charge is 2.42. The van der Waals surface area contributed by atoms with Crippen LogP contribution in [0.5, 0.6) is 5.75 Å². The van der Waals surface area contributed by atoms with Crippen LogP contribution in [0, 0.1) is 10.1 Å². The lowest BCUT2D eigenvalue weighted by Gasteiger charge is -2.42. The molecule has 1 aromatic carbocycles. The van der Waals surface area contributed by atoms with Crippen molar-refractivity contribution < 1.29 is 14.4 Å². The van der Waals surface area contributed by atoms with Crippen molar-refractivity contribution in [3.05, 3.63) is 34.4 Å². The smallest absolute Gasteiger partial charge is 0.273 e. The predicted octanol–water partition coefficient (Wildman–Crippen LogP) is 1.35. The average Bonchev–Trinajstić information content (AvgIpc) is 2.34. The van der Waals surface area contributed by atoms with Crippen LogP contribution in [0.25, 0.3) is 0 Å². The van der Waals surface area contributed by atoms with Gasteiger partial charge < -0.3 is 14.8 Å². The zero-order valence-corrected chi connectivity index (χ0v) is 10.3. The SMILES string of the molecule is CNC1CC(Oc2cccc([N+](=O)[O-])c2)C1OC. The second-order valence-electron chi connectivity index (χ2n) is 4.24. The fraction of sp³-hybridized carbons (Fsp3) is 0.500. The quantitative estimate of drug-likeness (QED) is 0.632. The van der Waals surface area contributed by atoms with E-state index in [1.807, 2.05) is 7.05 Å². The Bertz CT molecular complexity index is 438. The molecule has 1 aliphatic rings. The third-order valence-electron chi connectivity index (χ3n) is 3.21. The second-order valence-corrected chi connectivity index (χ2v) is 4.24. The maximum absolute atomic E-state index is 10.7. The molecule has 18 heavy (non-hydrogen) atoms. The highest BCUT2D eigenvalue weighted by Crippen LogP contribution is 2.29. The molecule has 6 nitrogen and oxygen atoms in total. The fourth-order valence-electron chi connectivity index (χ4n) is 2.14. The van der Waals surface area contributed by atoms with Crippen LogP contribution < -0.4 is 10.1 Å². The second kappa shape index (κ2) is 5.32. The first kappa shape index (κ1) is 12.8. The van der Waals surface area contributed by atoms with Crippen LogP contribution in [0.15, 0.2) is 24.3 Å². The van der Waals surface area contributed by atoms with E-state index in [1.54, 1.807) is 19.2 Å². The number of methoxy groups -OCH3 is 1. The van der Waals surface area contributed by atoms with E-state index >= 15 is 0 Å². The van der Waals surface area contributed by atoms with Gasteiger partial charge in [0.05, 0.1) is 11.0 Å². The lowest BCUT2D eigenvalue weighted by atomic mass is 9.85. The van der Waals surface area contributed by atoms with E-state index in [2.05, 4.69) is 5.32 Å². The number of nitrogens with zero attached hydrogens (tertiary/aromatic N) is 1. The van der Waals surface area contributed by atoms with Crippen molar-refractivity contribution in [2.24, 2.45) is 0 Å². The summed E-state index contributed by atoms with van der Waals surface area (Å²) in [5.41, 5.74) is 0.0333. The Morgan fingerprint density at radius 3 is 2.89 bits per heavy atom. The predicted molar refractivity (Wildman–Crippen MR) is 65.8 cm³/mol. The van der Waals surface area contributed by atoms with Gasteiger partial charge in [-0.3, -0.25) is 10.1 Å². The van der Waals surface area contributed by atoms with Gasteiger partial charge in [0.1, 0.15) is 18.0 Å². The molecule has 0 aliphatic heterocycles. The minimum Gasteiger partial charge on any atom is -0.487 e. The standard InChI is InChI=1S/C12H16N2O4/c1-13-10-7-11(12(10)17-2)18-9-5-3-4-8(6-9)14(15)16/h3-6,10-13H,7H2,1-2H3. The summed E-state index contributed by atoms with van der Waals surface area (Å²) in [4.78, 5) is 10.2. The van der Waals surface area contributed by atoms with Crippen molar-refractivity contribution in [3.8, 4) is 5.75 Å². The van der Waals surface area contributed by atoms with Crippen molar-refractivity contribution in [3.63, 3.8) is 0 Å². The van der Waals surface area contributed by atoms with E-state index in [0.717, 1.165) is 6.42 Å². The number of benzene rings is 1. The summed E-state index contributed by atoms with van der Waals surface area (Å²) in [6.07, 6.45) is 0.751. The first-order chi connectivity index (χ1) is 8.65. The molecule has 3 atom stereocenters. The third kappa shape index (κ3) is 2.44. The largest absolute Gasteiger partial charge is 0.487 e. The minimum atomic E-state index is -0.433. The molecule has 0 aromatic heterocycles. The van der Waals surface area contributed by atoms with Crippen LogP contribution in [0.2, 0.25) is 0 Å². The Hall–Kier alpha value is -1.66. The number of nitrogens with one attached hydrogen (secondary N) is 1. The average molecular weight is 252 g/mol. The highest BCUT2D eigenvalue weighted by molar-refractivity contribution is 5.38. The van der Waals surface area contributed by atoms with Gasteiger partial charge in [0.2, 0.25) is 0 Å². The van der Waals surface area contributed by atoms with Crippen LogP contribution >= 0.6 is 0 Å². The van der Waals surface area contributed by atoms with Gasteiger partial charge in [-0.2, -0.15) is 0 Å². The van der Waals surface area contributed by atoms with Crippen molar-refractivity contribution >= 4 is 5.69 Å². The third-order valence-corrected chi connectivity index (χ3v) is 3.21. The van der Waals surface area contributed by atoms with Crippen molar-refractivity contribution in [1.82, 2.24) is 5.32 Å². The van der Waals surface area contributed by atoms with Crippen LogP contribution in [0.4, 0.5) is 5.69 Å². The van der Waals surface area contributed by atoms with E-state index in [9.17, 15) is 10.1 Å². The summed E-state index contributed by atoms with van der Waals surface area (Å²) in [6.45, 7) is 0. The van der Waals surface area contributed by atoms with E-state index < -0.39 is 4.92 Å². The lowest BCUT2D eigenvalue weighted by molar-refractivity contribution is -0.385. The van der Waals surface area contributed by atoms with Gasteiger partial charge in [0.25, 0.3) is 5.69 Å². The molecular weight excluding hydrogens is 236 g/mol. The topological polar surface area (TPSA) is 73.6 Å². The van der Waals surface area contributed by atoms with Crippen LogP contribution in [0.1, 0.15) is 6.42 Å². The number of hydrogen-bond donors (Lipinski definition) is 1. The van der Waals surface area contributed by atoms with Crippen LogP contribution in [0.3, 0.4) is 0 Å². The van der Waals surface area contributed by atoms with Gasteiger partial charge in [-0.05, 0) is 13.1 Å². The Kier molecular flexibility index (Phi) is 3.78. The number of likely N-dealkylation sites (N-methyl/N-ethyl adjacent to an activating group) is 1. The molecular formula is C12H16N2O4. The molecule has 6 heteroatoms. The first-order valence-electron chi connectivity index (χ1n) is 5.77. The summed E-state index contributed by atoms with van der Waals surface area (Å²) in [6, 6.07) is 6.48. The monoisotopic (exact) mass is 252 g/mol. The number of non-ortho nitro benzene ring substituents is 1. The summed E-state index contributed by atoms with van der Waals surface area (Å²) in [5, 5.41) is 13.8. The van der Waals surface area contributed by atoms with Crippen LogP contribution in [-0.4, -0.2) is 37.3 Å². The zero-order chi connectivity index (χ0) is 13.1. The zero-order valence-electron chi connectivity index (χ0n) is 10.3. The fourth-order valence-corrected chi connectivity index (χ4v) is 2.14. The Balaban J connectivity index is 2.02.